The molecule has 1 amide bonds. The summed E-state index contributed by atoms with van der Waals surface area (Å²) in [4.78, 5) is 11.6. The Morgan fingerprint density at radius 1 is 0.897 bits per heavy atom. The molecule has 2 N–H and O–H groups in total. The SMILES string of the molecule is CCCCCCCCCCCCCCCCCCNC(=O)OCc1cn[nH]c1I. The molecular formula is C23H42IN3O2. The second kappa shape index (κ2) is 19.2. The molecule has 168 valence electrons. The fourth-order valence-electron chi connectivity index (χ4n) is 3.45. The zero-order valence-corrected chi connectivity index (χ0v) is 20.6. The summed E-state index contributed by atoms with van der Waals surface area (Å²) in [6, 6.07) is 0. The Morgan fingerprint density at radius 3 is 1.83 bits per heavy atom. The monoisotopic (exact) mass is 519 g/mol. The zero-order valence-electron chi connectivity index (χ0n) is 18.4. The van der Waals surface area contributed by atoms with Crippen LogP contribution in [0, 0.1) is 3.70 Å². The highest BCUT2D eigenvalue weighted by molar-refractivity contribution is 14.1. The molecule has 5 nitrogen and oxygen atoms in total. The minimum absolute atomic E-state index is 0.263. The Kier molecular flexibility index (Phi) is 17.4. The molecule has 1 heterocycles. The van der Waals surface area contributed by atoms with Gasteiger partial charge in [-0.1, -0.05) is 103 Å². The van der Waals surface area contributed by atoms with Crippen LogP contribution in [0.4, 0.5) is 4.79 Å². The van der Waals surface area contributed by atoms with E-state index in [1.165, 1.54) is 96.3 Å². The minimum Gasteiger partial charge on any atom is -0.445 e. The molecule has 0 atom stereocenters. The van der Waals surface area contributed by atoms with Gasteiger partial charge in [0.25, 0.3) is 0 Å². The summed E-state index contributed by atoms with van der Waals surface area (Å²) in [5, 5.41) is 9.55. The first-order valence-corrected chi connectivity index (χ1v) is 12.9. The fourth-order valence-corrected chi connectivity index (χ4v) is 3.89. The number of carbonyl (C=O) groups excluding carboxylic acids is 1. The van der Waals surface area contributed by atoms with Crippen LogP contribution >= 0.6 is 22.6 Å². The summed E-state index contributed by atoms with van der Waals surface area (Å²) in [6.07, 6.45) is 23.1. The topological polar surface area (TPSA) is 67.0 Å². The molecule has 1 aromatic rings. The quantitative estimate of drug-likeness (QED) is 0.147. The first-order chi connectivity index (χ1) is 14.2. The van der Waals surface area contributed by atoms with Crippen molar-refractivity contribution in [1.29, 1.82) is 0 Å². The van der Waals surface area contributed by atoms with Gasteiger partial charge in [-0.25, -0.2) is 4.79 Å². The van der Waals surface area contributed by atoms with E-state index in [1.54, 1.807) is 6.20 Å². The van der Waals surface area contributed by atoms with Crippen LogP contribution in [-0.4, -0.2) is 22.8 Å². The van der Waals surface area contributed by atoms with Gasteiger partial charge in [-0.05, 0) is 29.0 Å². The first-order valence-electron chi connectivity index (χ1n) is 11.8. The van der Waals surface area contributed by atoms with Crippen LogP contribution in [0.5, 0.6) is 0 Å². The normalized spacial score (nSPS) is 11.0. The summed E-state index contributed by atoms with van der Waals surface area (Å²) in [5.74, 6) is 0. The van der Waals surface area contributed by atoms with Crippen LogP contribution < -0.4 is 5.32 Å². The van der Waals surface area contributed by atoms with Crippen LogP contribution in [0.1, 0.15) is 115 Å². The molecule has 29 heavy (non-hydrogen) atoms. The van der Waals surface area contributed by atoms with Crippen molar-refractivity contribution in [1.82, 2.24) is 15.5 Å². The summed E-state index contributed by atoms with van der Waals surface area (Å²) in [7, 11) is 0. The Bertz CT molecular complexity index is 508. The van der Waals surface area contributed by atoms with Gasteiger partial charge in [-0.3, -0.25) is 5.10 Å². The van der Waals surface area contributed by atoms with Crippen molar-refractivity contribution >= 4 is 28.7 Å². The van der Waals surface area contributed by atoms with E-state index >= 15 is 0 Å². The number of aromatic nitrogens is 2. The summed E-state index contributed by atoms with van der Waals surface area (Å²) in [5.41, 5.74) is 0.906. The molecule has 0 spiro atoms. The molecule has 0 bridgehead atoms. The second-order valence-corrected chi connectivity index (χ2v) is 9.09. The summed E-state index contributed by atoms with van der Waals surface area (Å²) >= 11 is 2.14. The highest BCUT2D eigenvalue weighted by atomic mass is 127. The van der Waals surface area contributed by atoms with Crippen LogP contribution in [0.3, 0.4) is 0 Å². The maximum absolute atomic E-state index is 11.6. The van der Waals surface area contributed by atoms with E-state index in [4.69, 9.17) is 4.74 Å². The molecule has 0 fully saturated rings. The largest absolute Gasteiger partial charge is 0.445 e. The second-order valence-electron chi connectivity index (χ2n) is 8.02. The number of nitrogens with zero attached hydrogens (tertiary/aromatic N) is 1. The number of amides is 1. The number of ether oxygens (including phenoxy) is 1. The van der Waals surface area contributed by atoms with Crippen LogP contribution in [-0.2, 0) is 11.3 Å². The van der Waals surface area contributed by atoms with Gasteiger partial charge in [-0.2, -0.15) is 5.10 Å². The molecule has 0 aliphatic rings. The minimum atomic E-state index is -0.344. The molecule has 0 saturated carbocycles. The maximum Gasteiger partial charge on any atom is 0.407 e. The van der Waals surface area contributed by atoms with Gasteiger partial charge < -0.3 is 10.1 Å². The van der Waals surface area contributed by atoms with Crippen molar-refractivity contribution in [3.63, 3.8) is 0 Å². The lowest BCUT2D eigenvalue weighted by Gasteiger charge is -2.06. The molecule has 0 unspecified atom stereocenters. The van der Waals surface area contributed by atoms with Crippen LogP contribution in [0.25, 0.3) is 0 Å². The van der Waals surface area contributed by atoms with Crippen LogP contribution in [0.2, 0.25) is 0 Å². The van der Waals surface area contributed by atoms with E-state index in [1.807, 2.05) is 0 Å². The van der Waals surface area contributed by atoms with Gasteiger partial charge in [-0.15, -0.1) is 0 Å². The fraction of sp³-hybridized carbons (Fsp3) is 0.826. The highest BCUT2D eigenvalue weighted by Crippen LogP contribution is 2.13. The van der Waals surface area contributed by atoms with Crippen molar-refractivity contribution in [3.05, 3.63) is 15.5 Å². The van der Waals surface area contributed by atoms with Crippen molar-refractivity contribution in [2.45, 2.75) is 116 Å². The number of nitrogens with one attached hydrogen (secondary N) is 2. The zero-order chi connectivity index (χ0) is 21.0. The van der Waals surface area contributed by atoms with Gasteiger partial charge >= 0.3 is 6.09 Å². The van der Waals surface area contributed by atoms with Gasteiger partial charge in [0, 0.05) is 12.1 Å². The van der Waals surface area contributed by atoms with E-state index in [9.17, 15) is 4.79 Å². The van der Waals surface area contributed by atoms with Gasteiger partial charge in [0.1, 0.15) is 10.3 Å². The van der Waals surface area contributed by atoms with E-state index < -0.39 is 0 Å². The summed E-state index contributed by atoms with van der Waals surface area (Å²) < 4.78 is 6.09. The average Bonchev–Trinajstić information content (AvgIpc) is 3.13. The van der Waals surface area contributed by atoms with Crippen molar-refractivity contribution in [2.75, 3.05) is 6.54 Å². The third kappa shape index (κ3) is 15.7. The van der Waals surface area contributed by atoms with Gasteiger partial charge in [0.05, 0.1) is 6.20 Å². The molecule has 0 saturated heterocycles. The molecule has 1 aromatic heterocycles. The number of H-pyrrole nitrogens is 1. The third-order valence-corrected chi connectivity index (χ3v) is 6.26. The molecule has 0 aromatic carbocycles. The molecular weight excluding hydrogens is 477 g/mol. The van der Waals surface area contributed by atoms with E-state index in [-0.39, 0.29) is 12.7 Å². The number of unbranched alkanes of at least 4 members (excludes halogenated alkanes) is 15. The van der Waals surface area contributed by atoms with E-state index in [2.05, 4.69) is 45.0 Å². The van der Waals surface area contributed by atoms with E-state index in [0.29, 0.717) is 6.54 Å². The van der Waals surface area contributed by atoms with Gasteiger partial charge in [0.2, 0.25) is 0 Å². The average molecular weight is 520 g/mol. The van der Waals surface area contributed by atoms with Crippen molar-refractivity contribution in [2.24, 2.45) is 0 Å². The van der Waals surface area contributed by atoms with Crippen LogP contribution in [0.15, 0.2) is 6.20 Å². The van der Waals surface area contributed by atoms with E-state index in [0.717, 1.165) is 15.7 Å². The number of aromatic amines is 1. The Labute approximate surface area is 191 Å². The third-order valence-electron chi connectivity index (χ3n) is 5.32. The smallest absolute Gasteiger partial charge is 0.407 e. The van der Waals surface area contributed by atoms with Gasteiger partial charge in [0.15, 0.2) is 0 Å². The van der Waals surface area contributed by atoms with Crippen molar-refractivity contribution < 1.29 is 9.53 Å². The lowest BCUT2D eigenvalue weighted by molar-refractivity contribution is 0.139. The predicted octanol–water partition coefficient (Wildman–Crippen LogP) is 7.50. The Morgan fingerprint density at radius 2 is 1.38 bits per heavy atom. The number of alkyl carbamates (subject to hydrolysis) is 1. The number of hydrogen-bond donors (Lipinski definition) is 2. The number of carbonyl (C=O) groups is 1. The predicted molar refractivity (Wildman–Crippen MR) is 129 cm³/mol. The molecule has 0 radical (unpaired) electrons. The highest BCUT2D eigenvalue weighted by Gasteiger charge is 2.06. The first kappa shape index (κ1) is 26.2. The maximum atomic E-state index is 11.6. The number of hydrogen-bond acceptors (Lipinski definition) is 3. The Balaban J connectivity index is 1.74. The standard InChI is InChI=1S/C23H42IN3O2/c1-2-3-4-5-6-7-8-9-10-11-12-13-14-15-16-17-18-25-23(28)29-20-21-19-26-27-22(21)24/h19H,2-18,20H2,1H3,(H,25,28)(H,26,27). The Hall–Kier alpha value is -0.790. The molecule has 0 aliphatic heterocycles. The summed E-state index contributed by atoms with van der Waals surface area (Å²) in [6.45, 7) is 3.24. The lowest BCUT2D eigenvalue weighted by Crippen LogP contribution is -2.25. The lowest BCUT2D eigenvalue weighted by atomic mass is 10.0. The molecule has 0 aliphatic carbocycles. The molecule has 6 heteroatoms. The number of halogens is 1. The number of rotatable bonds is 19. The van der Waals surface area contributed by atoms with Crippen molar-refractivity contribution in [3.8, 4) is 0 Å². The molecule has 1 rings (SSSR count).